The Morgan fingerprint density at radius 1 is 1.19 bits per heavy atom. The zero-order valence-electron chi connectivity index (χ0n) is 11.5. The Bertz CT molecular complexity index is 793. The summed E-state index contributed by atoms with van der Waals surface area (Å²) in [4.78, 5) is 0. The molecule has 0 aliphatic heterocycles. The molecule has 0 unspecified atom stereocenters. The van der Waals surface area contributed by atoms with Crippen molar-refractivity contribution in [3.8, 4) is 17.1 Å². The molecular formula is C15H14N4O2. The maximum absolute atomic E-state index is 7.94. The number of hydrogen-bond donors (Lipinski definition) is 1. The topological polar surface area (TPSA) is 76.9 Å². The SMILES string of the molecule is COc1cc(Cn2nc(-c3ccccc3)ccc2=N)on1. The predicted octanol–water partition coefficient (Wildman–Crippen LogP) is 2.07. The van der Waals surface area contributed by atoms with E-state index in [9.17, 15) is 0 Å². The van der Waals surface area contributed by atoms with Crippen molar-refractivity contribution in [3.05, 3.63) is 59.8 Å². The van der Waals surface area contributed by atoms with E-state index in [0.717, 1.165) is 11.3 Å². The molecule has 1 aromatic carbocycles. The van der Waals surface area contributed by atoms with Crippen LogP contribution in [0.1, 0.15) is 5.76 Å². The third kappa shape index (κ3) is 2.84. The first kappa shape index (κ1) is 13.1. The van der Waals surface area contributed by atoms with Gasteiger partial charge in [-0.3, -0.25) is 5.41 Å². The first-order chi connectivity index (χ1) is 10.3. The van der Waals surface area contributed by atoms with Crippen LogP contribution in [0.5, 0.6) is 5.88 Å². The Balaban J connectivity index is 1.93. The predicted molar refractivity (Wildman–Crippen MR) is 75.7 cm³/mol. The van der Waals surface area contributed by atoms with Crippen LogP contribution in [0.25, 0.3) is 11.3 Å². The normalized spacial score (nSPS) is 10.5. The van der Waals surface area contributed by atoms with E-state index in [1.807, 2.05) is 36.4 Å². The molecule has 0 amide bonds. The lowest BCUT2D eigenvalue weighted by Crippen LogP contribution is -2.22. The van der Waals surface area contributed by atoms with Gasteiger partial charge in [0.15, 0.2) is 5.76 Å². The zero-order valence-corrected chi connectivity index (χ0v) is 11.5. The highest BCUT2D eigenvalue weighted by Crippen LogP contribution is 2.15. The highest BCUT2D eigenvalue weighted by molar-refractivity contribution is 5.57. The van der Waals surface area contributed by atoms with Crippen molar-refractivity contribution >= 4 is 0 Å². The van der Waals surface area contributed by atoms with Crippen molar-refractivity contribution in [3.63, 3.8) is 0 Å². The van der Waals surface area contributed by atoms with Gasteiger partial charge >= 0.3 is 0 Å². The third-order valence-electron chi connectivity index (χ3n) is 3.03. The smallest absolute Gasteiger partial charge is 0.254 e. The van der Waals surface area contributed by atoms with E-state index >= 15 is 0 Å². The molecule has 0 fully saturated rings. The van der Waals surface area contributed by atoms with Crippen LogP contribution >= 0.6 is 0 Å². The van der Waals surface area contributed by atoms with Gasteiger partial charge in [0.05, 0.1) is 12.8 Å². The standard InChI is InChI=1S/C15H14N4O2/c1-20-15-9-12(21-18-15)10-19-14(16)8-7-13(17-19)11-5-3-2-4-6-11/h2-9,16H,10H2,1H3. The van der Waals surface area contributed by atoms with Crippen LogP contribution in [0, 0.1) is 5.41 Å². The average Bonchev–Trinajstić information content (AvgIpc) is 2.98. The lowest BCUT2D eigenvalue weighted by molar-refractivity contribution is 0.321. The third-order valence-corrected chi connectivity index (χ3v) is 3.03. The number of rotatable bonds is 4. The molecule has 2 heterocycles. The summed E-state index contributed by atoms with van der Waals surface area (Å²) < 4.78 is 11.7. The summed E-state index contributed by atoms with van der Waals surface area (Å²) >= 11 is 0. The van der Waals surface area contributed by atoms with Crippen molar-refractivity contribution in [1.82, 2.24) is 14.9 Å². The Kier molecular flexibility index (Phi) is 3.51. The largest absolute Gasteiger partial charge is 0.479 e. The fourth-order valence-corrected chi connectivity index (χ4v) is 1.96. The highest BCUT2D eigenvalue weighted by atomic mass is 16.5. The van der Waals surface area contributed by atoms with Crippen LogP contribution in [0.2, 0.25) is 0 Å². The van der Waals surface area contributed by atoms with Crippen LogP contribution in [0.3, 0.4) is 0 Å². The molecule has 0 spiro atoms. The second-order valence-electron chi connectivity index (χ2n) is 4.46. The van der Waals surface area contributed by atoms with Crippen LogP contribution < -0.4 is 10.2 Å². The average molecular weight is 282 g/mol. The van der Waals surface area contributed by atoms with Crippen molar-refractivity contribution in [1.29, 1.82) is 5.41 Å². The van der Waals surface area contributed by atoms with E-state index in [1.54, 1.807) is 16.8 Å². The minimum absolute atomic E-state index is 0.296. The summed E-state index contributed by atoms with van der Waals surface area (Å²) in [5.41, 5.74) is 2.10. The van der Waals surface area contributed by atoms with E-state index in [2.05, 4.69) is 10.3 Å². The number of ether oxygens (including phenoxy) is 1. The first-order valence-corrected chi connectivity index (χ1v) is 6.44. The molecule has 0 radical (unpaired) electrons. The van der Waals surface area contributed by atoms with Gasteiger partial charge in [0.2, 0.25) is 0 Å². The molecule has 1 N–H and O–H groups in total. The molecule has 3 rings (SSSR count). The quantitative estimate of drug-likeness (QED) is 0.794. The van der Waals surface area contributed by atoms with Gasteiger partial charge in [-0.2, -0.15) is 5.10 Å². The fourth-order valence-electron chi connectivity index (χ4n) is 1.96. The summed E-state index contributed by atoms with van der Waals surface area (Å²) in [7, 11) is 1.53. The molecule has 0 aliphatic rings. The van der Waals surface area contributed by atoms with Gasteiger partial charge in [-0.15, -0.1) is 0 Å². The molecule has 0 aliphatic carbocycles. The van der Waals surface area contributed by atoms with E-state index < -0.39 is 0 Å². The minimum Gasteiger partial charge on any atom is -0.479 e. The van der Waals surface area contributed by atoms with Gasteiger partial charge in [0, 0.05) is 11.6 Å². The van der Waals surface area contributed by atoms with Gasteiger partial charge in [-0.1, -0.05) is 30.3 Å². The minimum atomic E-state index is 0.296. The summed E-state index contributed by atoms with van der Waals surface area (Å²) in [5, 5.41) is 16.2. The van der Waals surface area contributed by atoms with Gasteiger partial charge in [0.1, 0.15) is 12.0 Å². The molecule has 6 nitrogen and oxygen atoms in total. The van der Waals surface area contributed by atoms with Gasteiger partial charge in [-0.05, 0) is 17.3 Å². The number of nitrogens with zero attached hydrogens (tertiary/aromatic N) is 3. The van der Waals surface area contributed by atoms with Crippen LogP contribution in [-0.2, 0) is 6.54 Å². The molecular weight excluding hydrogens is 268 g/mol. The number of hydrogen-bond acceptors (Lipinski definition) is 5. The highest BCUT2D eigenvalue weighted by Gasteiger charge is 2.07. The molecule has 6 heteroatoms. The van der Waals surface area contributed by atoms with Gasteiger partial charge in [0.25, 0.3) is 5.88 Å². The van der Waals surface area contributed by atoms with Gasteiger partial charge < -0.3 is 9.26 Å². The maximum atomic E-state index is 7.94. The maximum Gasteiger partial charge on any atom is 0.254 e. The Hall–Kier alpha value is -2.89. The van der Waals surface area contributed by atoms with E-state index in [-0.39, 0.29) is 0 Å². The Labute approximate surface area is 121 Å². The van der Waals surface area contributed by atoms with Gasteiger partial charge in [-0.25, -0.2) is 4.68 Å². The molecule has 106 valence electrons. The van der Waals surface area contributed by atoms with Crippen LogP contribution in [-0.4, -0.2) is 22.0 Å². The zero-order chi connectivity index (χ0) is 14.7. The first-order valence-electron chi connectivity index (χ1n) is 6.44. The van der Waals surface area contributed by atoms with Crippen molar-refractivity contribution in [2.75, 3.05) is 7.11 Å². The van der Waals surface area contributed by atoms with Crippen molar-refractivity contribution in [2.45, 2.75) is 6.54 Å². The summed E-state index contributed by atoms with van der Waals surface area (Å²) in [6.07, 6.45) is 0. The summed E-state index contributed by atoms with van der Waals surface area (Å²) in [5.74, 6) is 0.999. The molecule has 0 atom stereocenters. The van der Waals surface area contributed by atoms with Crippen molar-refractivity contribution in [2.24, 2.45) is 0 Å². The van der Waals surface area contributed by atoms with Crippen LogP contribution in [0.4, 0.5) is 0 Å². The number of methoxy groups -OCH3 is 1. The molecule has 2 aromatic heterocycles. The van der Waals surface area contributed by atoms with Crippen LogP contribution in [0.15, 0.2) is 53.1 Å². The molecule has 21 heavy (non-hydrogen) atoms. The molecule has 0 saturated carbocycles. The second-order valence-corrected chi connectivity index (χ2v) is 4.46. The Morgan fingerprint density at radius 2 is 2.00 bits per heavy atom. The fraction of sp³-hybridized carbons (Fsp3) is 0.133. The van der Waals surface area contributed by atoms with E-state index in [0.29, 0.717) is 23.7 Å². The Morgan fingerprint density at radius 3 is 2.71 bits per heavy atom. The molecule has 0 saturated heterocycles. The second kappa shape index (κ2) is 5.62. The summed E-state index contributed by atoms with van der Waals surface area (Å²) in [6, 6.07) is 15.1. The van der Waals surface area contributed by atoms with E-state index in [1.165, 1.54) is 7.11 Å². The molecule has 0 bridgehead atoms. The molecule has 3 aromatic rings. The number of aromatic nitrogens is 3. The summed E-state index contributed by atoms with van der Waals surface area (Å²) in [6.45, 7) is 0.329. The lowest BCUT2D eigenvalue weighted by Gasteiger charge is -2.06. The monoisotopic (exact) mass is 282 g/mol. The van der Waals surface area contributed by atoms with Crippen molar-refractivity contribution < 1.29 is 9.26 Å². The van der Waals surface area contributed by atoms with E-state index in [4.69, 9.17) is 14.7 Å². The number of nitrogens with one attached hydrogen (secondary N) is 1. The lowest BCUT2D eigenvalue weighted by atomic mass is 10.1. The number of benzene rings is 1.